The molecule has 0 unspecified atom stereocenters. The van der Waals surface area contributed by atoms with Gasteiger partial charge in [0.1, 0.15) is 5.69 Å². The molecule has 3 aromatic rings. The molecule has 1 aromatic heterocycles. The molecule has 1 fully saturated rings. The molecule has 32 heavy (non-hydrogen) atoms. The smallest absolute Gasteiger partial charge is 0.268 e. The number of benzene rings is 2. The molecule has 0 saturated carbocycles. The van der Waals surface area contributed by atoms with Gasteiger partial charge in [-0.1, -0.05) is 56.3 Å². The topological polar surface area (TPSA) is 37.3 Å². The van der Waals surface area contributed by atoms with E-state index in [1.807, 2.05) is 6.08 Å². The number of likely N-dealkylation sites (tertiary alicyclic amines) is 1. The Hall–Kier alpha value is -2.85. The molecule has 1 saturated heterocycles. The van der Waals surface area contributed by atoms with Gasteiger partial charge in [0.2, 0.25) is 0 Å². The summed E-state index contributed by atoms with van der Waals surface area (Å²) in [6.07, 6.45) is 3.84. The average molecular weight is 430 g/mol. The number of amides is 1. The lowest BCUT2D eigenvalue weighted by Crippen LogP contribution is -2.44. The third kappa shape index (κ3) is 4.66. The first kappa shape index (κ1) is 22.3. The fraction of sp³-hybridized carbons (Fsp3) is 0.393. The van der Waals surface area contributed by atoms with Gasteiger partial charge in [0.15, 0.2) is 0 Å². The number of piperidine rings is 1. The Morgan fingerprint density at radius 3 is 2.53 bits per heavy atom. The Bertz CT molecular complexity index is 1090. The Balaban J connectivity index is 1.48. The minimum atomic E-state index is 0.0353. The first-order chi connectivity index (χ1) is 15.5. The van der Waals surface area contributed by atoms with Gasteiger partial charge in [-0.2, -0.15) is 0 Å². The van der Waals surface area contributed by atoms with Gasteiger partial charge in [-0.25, -0.2) is 0 Å². The van der Waals surface area contributed by atoms with Crippen molar-refractivity contribution < 1.29 is 4.79 Å². The molecule has 1 aliphatic rings. The summed E-state index contributed by atoms with van der Waals surface area (Å²) in [5, 5.41) is 4.50. The number of rotatable bonds is 7. The SMILES string of the molecule is C=CCn1c(C(=O)NC2CCN(Cc3ccccc3)CC2)c(C)c2cc(C(C)C)ccc21. The summed E-state index contributed by atoms with van der Waals surface area (Å²) >= 11 is 0. The van der Waals surface area contributed by atoms with Crippen molar-refractivity contribution in [1.82, 2.24) is 14.8 Å². The van der Waals surface area contributed by atoms with Crippen molar-refractivity contribution >= 4 is 16.8 Å². The summed E-state index contributed by atoms with van der Waals surface area (Å²) in [4.78, 5) is 15.9. The predicted molar refractivity (Wildman–Crippen MR) is 133 cm³/mol. The van der Waals surface area contributed by atoms with Crippen molar-refractivity contribution in [3.63, 3.8) is 0 Å². The Morgan fingerprint density at radius 1 is 1.16 bits per heavy atom. The average Bonchev–Trinajstić information content (AvgIpc) is 3.07. The Morgan fingerprint density at radius 2 is 1.88 bits per heavy atom. The maximum absolute atomic E-state index is 13.4. The van der Waals surface area contributed by atoms with E-state index in [4.69, 9.17) is 0 Å². The van der Waals surface area contributed by atoms with E-state index >= 15 is 0 Å². The second kappa shape index (κ2) is 9.74. The number of hydrogen-bond acceptors (Lipinski definition) is 2. The van der Waals surface area contributed by atoms with Gasteiger partial charge >= 0.3 is 0 Å². The fourth-order valence-electron chi connectivity index (χ4n) is 4.84. The van der Waals surface area contributed by atoms with Crippen LogP contribution in [-0.4, -0.2) is 34.5 Å². The highest BCUT2D eigenvalue weighted by Gasteiger charge is 2.25. The van der Waals surface area contributed by atoms with E-state index < -0.39 is 0 Å². The van der Waals surface area contributed by atoms with Crippen LogP contribution in [0, 0.1) is 6.92 Å². The van der Waals surface area contributed by atoms with Crippen LogP contribution < -0.4 is 5.32 Å². The summed E-state index contributed by atoms with van der Waals surface area (Å²) in [7, 11) is 0. The lowest BCUT2D eigenvalue weighted by molar-refractivity contribution is 0.0900. The van der Waals surface area contributed by atoms with Crippen molar-refractivity contribution in [2.45, 2.75) is 58.7 Å². The molecule has 0 bridgehead atoms. The van der Waals surface area contributed by atoms with Crippen LogP contribution in [0.4, 0.5) is 0 Å². The highest BCUT2D eigenvalue weighted by molar-refractivity contribution is 6.02. The molecule has 168 valence electrons. The van der Waals surface area contributed by atoms with Gasteiger partial charge in [-0.05, 0) is 54.5 Å². The zero-order valence-electron chi connectivity index (χ0n) is 19.6. The first-order valence-corrected chi connectivity index (χ1v) is 11.8. The van der Waals surface area contributed by atoms with Crippen LogP contribution in [0.2, 0.25) is 0 Å². The van der Waals surface area contributed by atoms with Gasteiger partial charge in [0.25, 0.3) is 5.91 Å². The van der Waals surface area contributed by atoms with Crippen molar-refractivity contribution in [3.05, 3.63) is 83.6 Å². The van der Waals surface area contributed by atoms with Crippen LogP contribution >= 0.6 is 0 Å². The summed E-state index contributed by atoms with van der Waals surface area (Å²) in [6, 6.07) is 17.4. The Kier molecular flexibility index (Phi) is 6.80. The number of allylic oxidation sites excluding steroid dienone is 1. The summed E-state index contributed by atoms with van der Waals surface area (Å²) in [5.74, 6) is 0.494. The number of aromatic nitrogens is 1. The summed E-state index contributed by atoms with van der Waals surface area (Å²) in [6.45, 7) is 14.0. The second-order valence-corrected chi connectivity index (χ2v) is 9.31. The molecule has 2 aromatic carbocycles. The predicted octanol–water partition coefficient (Wildman–Crippen LogP) is 5.65. The molecule has 4 heteroatoms. The number of carbonyl (C=O) groups excluding carboxylic acids is 1. The van der Waals surface area contributed by atoms with Crippen molar-refractivity contribution in [2.75, 3.05) is 13.1 Å². The van der Waals surface area contributed by atoms with Gasteiger partial charge in [-0.15, -0.1) is 6.58 Å². The third-order valence-electron chi connectivity index (χ3n) is 6.71. The number of hydrogen-bond donors (Lipinski definition) is 1. The monoisotopic (exact) mass is 429 g/mol. The molecule has 0 radical (unpaired) electrons. The quantitative estimate of drug-likeness (QED) is 0.493. The van der Waals surface area contributed by atoms with Crippen LogP contribution in [0.25, 0.3) is 10.9 Å². The zero-order chi connectivity index (χ0) is 22.7. The standard InChI is InChI=1S/C28H35N3O/c1-5-15-31-26-12-11-23(20(2)3)18-25(26)21(4)27(31)28(32)29-24-13-16-30(17-14-24)19-22-9-7-6-8-10-22/h5-12,18,20,24H,1,13-17,19H2,2-4H3,(H,29,32). The second-order valence-electron chi connectivity index (χ2n) is 9.31. The molecule has 4 nitrogen and oxygen atoms in total. The maximum atomic E-state index is 13.4. The normalized spacial score (nSPS) is 15.4. The van der Waals surface area contributed by atoms with E-state index in [0.717, 1.165) is 49.2 Å². The molecular formula is C28H35N3O. The van der Waals surface area contributed by atoms with E-state index in [-0.39, 0.29) is 11.9 Å². The molecule has 4 rings (SSSR count). The molecular weight excluding hydrogens is 394 g/mol. The third-order valence-corrected chi connectivity index (χ3v) is 6.71. The highest BCUT2D eigenvalue weighted by Crippen LogP contribution is 2.29. The van der Waals surface area contributed by atoms with E-state index in [1.165, 1.54) is 16.5 Å². The summed E-state index contributed by atoms with van der Waals surface area (Å²) < 4.78 is 2.11. The van der Waals surface area contributed by atoms with Gasteiger partial charge in [-0.3, -0.25) is 9.69 Å². The highest BCUT2D eigenvalue weighted by atomic mass is 16.2. The molecule has 1 aliphatic heterocycles. The summed E-state index contributed by atoms with van der Waals surface area (Å²) in [5.41, 5.74) is 5.58. The lowest BCUT2D eigenvalue weighted by atomic mass is 10.00. The number of carbonyl (C=O) groups is 1. The maximum Gasteiger partial charge on any atom is 0.268 e. The van der Waals surface area contributed by atoms with E-state index in [0.29, 0.717) is 12.5 Å². The molecule has 2 heterocycles. The molecule has 1 amide bonds. The van der Waals surface area contributed by atoms with Crippen molar-refractivity contribution in [1.29, 1.82) is 0 Å². The van der Waals surface area contributed by atoms with E-state index in [1.54, 1.807) is 0 Å². The first-order valence-electron chi connectivity index (χ1n) is 11.8. The van der Waals surface area contributed by atoms with Crippen LogP contribution in [0.5, 0.6) is 0 Å². The van der Waals surface area contributed by atoms with Crippen LogP contribution in [0.1, 0.15) is 59.8 Å². The van der Waals surface area contributed by atoms with Crippen molar-refractivity contribution in [3.8, 4) is 0 Å². The minimum absolute atomic E-state index is 0.0353. The largest absolute Gasteiger partial charge is 0.348 e. The fourth-order valence-corrected chi connectivity index (χ4v) is 4.84. The molecule has 0 aliphatic carbocycles. The van der Waals surface area contributed by atoms with Crippen molar-refractivity contribution in [2.24, 2.45) is 0 Å². The zero-order valence-corrected chi connectivity index (χ0v) is 19.6. The van der Waals surface area contributed by atoms with Gasteiger partial charge < -0.3 is 9.88 Å². The van der Waals surface area contributed by atoms with Crippen LogP contribution in [-0.2, 0) is 13.1 Å². The lowest BCUT2D eigenvalue weighted by Gasteiger charge is -2.32. The Labute approximate surface area is 191 Å². The molecule has 0 atom stereocenters. The molecule has 0 spiro atoms. The number of aryl methyl sites for hydroxylation is 1. The van der Waals surface area contributed by atoms with Crippen LogP contribution in [0.3, 0.4) is 0 Å². The number of nitrogens with zero attached hydrogens (tertiary/aromatic N) is 2. The van der Waals surface area contributed by atoms with Crippen LogP contribution in [0.15, 0.2) is 61.2 Å². The van der Waals surface area contributed by atoms with E-state index in [2.05, 4.69) is 90.7 Å². The number of fused-ring (bicyclic) bond motifs is 1. The minimum Gasteiger partial charge on any atom is -0.348 e. The van der Waals surface area contributed by atoms with Gasteiger partial charge in [0.05, 0.1) is 0 Å². The molecule has 1 N–H and O–H groups in total. The van der Waals surface area contributed by atoms with Gasteiger partial charge in [0, 0.05) is 43.1 Å². The van der Waals surface area contributed by atoms with E-state index in [9.17, 15) is 4.79 Å². The number of nitrogens with one attached hydrogen (secondary N) is 1.